The molecule has 0 unspecified atom stereocenters. The van der Waals surface area contributed by atoms with Crippen molar-refractivity contribution in [2.24, 2.45) is 16.1 Å². The van der Waals surface area contributed by atoms with Crippen LogP contribution >= 0.6 is 0 Å². The van der Waals surface area contributed by atoms with E-state index in [0.717, 1.165) is 34.9 Å². The maximum atomic E-state index is 11.0. The smallest absolute Gasteiger partial charge is 0.110 e. The summed E-state index contributed by atoms with van der Waals surface area (Å²) in [5.41, 5.74) is 4.81. The van der Waals surface area contributed by atoms with E-state index in [1.807, 2.05) is 10.7 Å². The molecule has 25 heavy (non-hydrogen) atoms. The molecule has 0 saturated carbocycles. The fraction of sp³-hybridized carbons (Fsp3) is 0.389. The Morgan fingerprint density at radius 1 is 1.08 bits per heavy atom. The number of rotatable bonds is 5. The van der Waals surface area contributed by atoms with E-state index in [4.69, 9.17) is 10.3 Å². The number of aromatic nitrogens is 2. The topological polar surface area (TPSA) is 89.1 Å². The van der Waals surface area contributed by atoms with Crippen molar-refractivity contribution in [2.75, 3.05) is 5.23 Å². The number of nitrogens with zero attached hydrogens (tertiary/aromatic N) is 5. The molecule has 1 aliphatic rings. The molecule has 132 valence electrons. The zero-order chi connectivity index (χ0) is 18.1. The lowest BCUT2D eigenvalue weighted by Gasteiger charge is -2.21. The third-order valence-corrected chi connectivity index (χ3v) is 4.25. The SMILES string of the molecule is CC(C)C1=NN=C(c2cc(C(C)C)n(-c3ccc(N([O-])O)cc3)n2)C1. The second-order valence-electron chi connectivity index (χ2n) is 6.78. The highest BCUT2D eigenvalue weighted by Gasteiger charge is 2.21. The molecule has 0 bridgehead atoms. The Morgan fingerprint density at radius 2 is 1.76 bits per heavy atom. The van der Waals surface area contributed by atoms with Crippen LogP contribution in [0.4, 0.5) is 5.69 Å². The Bertz CT molecular complexity index is 816. The molecule has 1 aromatic heterocycles. The summed E-state index contributed by atoms with van der Waals surface area (Å²) in [6.07, 6.45) is 0.723. The first-order valence-corrected chi connectivity index (χ1v) is 8.37. The lowest BCUT2D eigenvalue weighted by Crippen LogP contribution is -2.10. The van der Waals surface area contributed by atoms with Gasteiger partial charge in [-0.15, -0.1) is 0 Å². The van der Waals surface area contributed by atoms with Gasteiger partial charge < -0.3 is 10.4 Å². The summed E-state index contributed by atoms with van der Waals surface area (Å²) >= 11 is 0. The van der Waals surface area contributed by atoms with Gasteiger partial charge in [-0.05, 0) is 42.2 Å². The van der Waals surface area contributed by atoms with Gasteiger partial charge in [0.25, 0.3) is 0 Å². The summed E-state index contributed by atoms with van der Waals surface area (Å²) in [5, 5.41) is 33.1. The maximum absolute atomic E-state index is 11.0. The van der Waals surface area contributed by atoms with Gasteiger partial charge >= 0.3 is 0 Å². The lowest BCUT2D eigenvalue weighted by atomic mass is 10.0. The minimum absolute atomic E-state index is 0.153. The predicted octanol–water partition coefficient (Wildman–Crippen LogP) is 3.89. The summed E-state index contributed by atoms with van der Waals surface area (Å²) in [6.45, 7) is 8.42. The maximum Gasteiger partial charge on any atom is 0.110 e. The van der Waals surface area contributed by atoms with E-state index in [1.165, 1.54) is 0 Å². The zero-order valence-corrected chi connectivity index (χ0v) is 14.8. The van der Waals surface area contributed by atoms with E-state index in [9.17, 15) is 5.21 Å². The summed E-state index contributed by atoms with van der Waals surface area (Å²) in [6, 6.07) is 8.67. The van der Waals surface area contributed by atoms with Gasteiger partial charge in [-0.3, -0.25) is 5.21 Å². The van der Waals surface area contributed by atoms with E-state index in [2.05, 4.69) is 37.9 Å². The van der Waals surface area contributed by atoms with Gasteiger partial charge in [-0.2, -0.15) is 15.3 Å². The van der Waals surface area contributed by atoms with Gasteiger partial charge in [0, 0.05) is 17.8 Å². The third-order valence-electron chi connectivity index (χ3n) is 4.25. The van der Waals surface area contributed by atoms with E-state index in [0.29, 0.717) is 5.92 Å². The van der Waals surface area contributed by atoms with Crippen LogP contribution in [0.5, 0.6) is 0 Å². The molecule has 0 amide bonds. The Balaban J connectivity index is 1.94. The van der Waals surface area contributed by atoms with Crippen molar-refractivity contribution in [3.05, 3.63) is 46.9 Å². The van der Waals surface area contributed by atoms with E-state index >= 15 is 0 Å². The molecule has 2 aromatic rings. The molecule has 0 aliphatic carbocycles. The fourth-order valence-electron chi connectivity index (χ4n) is 2.70. The van der Waals surface area contributed by atoms with Crippen LogP contribution in [0.2, 0.25) is 0 Å². The molecule has 0 saturated heterocycles. The standard InChI is InChI=1S/C18H22N5O2/c1-11(2)15-9-16(20-19-15)17-10-18(12(3)4)22(21-17)13-5-7-14(8-6-13)23(24)25/h5-8,10-12,24H,9H2,1-4H3/q-1. The molecule has 0 spiro atoms. The molecule has 1 aliphatic heterocycles. The van der Waals surface area contributed by atoms with Gasteiger partial charge in [-0.25, -0.2) is 4.68 Å². The Kier molecular flexibility index (Phi) is 4.69. The minimum Gasteiger partial charge on any atom is -0.733 e. The monoisotopic (exact) mass is 340 g/mol. The van der Waals surface area contributed by atoms with Crippen LogP contribution in [0.15, 0.2) is 40.5 Å². The highest BCUT2D eigenvalue weighted by molar-refractivity contribution is 6.14. The second kappa shape index (κ2) is 6.78. The molecule has 3 rings (SSSR count). The van der Waals surface area contributed by atoms with Gasteiger partial charge in [-0.1, -0.05) is 27.7 Å². The fourth-order valence-corrected chi connectivity index (χ4v) is 2.70. The van der Waals surface area contributed by atoms with Crippen molar-refractivity contribution in [2.45, 2.75) is 40.0 Å². The van der Waals surface area contributed by atoms with Crippen molar-refractivity contribution in [3.8, 4) is 5.69 Å². The van der Waals surface area contributed by atoms with Crippen LogP contribution in [0.3, 0.4) is 0 Å². The second-order valence-corrected chi connectivity index (χ2v) is 6.78. The average Bonchev–Trinajstić information content (AvgIpc) is 3.22. The lowest BCUT2D eigenvalue weighted by molar-refractivity contribution is 0.296. The molecule has 0 radical (unpaired) electrons. The first-order valence-electron chi connectivity index (χ1n) is 8.37. The van der Waals surface area contributed by atoms with Crippen LogP contribution in [0.25, 0.3) is 5.69 Å². The van der Waals surface area contributed by atoms with Gasteiger partial charge in [0.15, 0.2) is 0 Å². The van der Waals surface area contributed by atoms with Crippen LogP contribution in [-0.2, 0) is 0 Å². The molecule has 7 heteroatoms. The third kappa shape index (κ3) is 3.47. The largest absolute Gasteiger partial charge is 0.733 e. The minimum atomic E-state index is -0.153. The number of benzene rings is 1. The Labute approximate surface area is 146 Å². The van der Waals surface area contributed by atoms with Crippen LogP contribution < -0.4 is 5.23 Å². The van der Waals surface area contributed by atoms with E-state index in [1.54, 1.807) is 24.3 Å². The van der Waals surface area contributed by atoms with Crippen molar-refractivity contribution >= 4 is 17.1 Å². The van der Waals surface area contributed by atoms with Crippen LogP contribution in [0.1, 0.15) is 51.4 Å². The van der Waals surface area contributed by atoms with Crippen LogP contribution in [-0.4, -0.2) is 26.4 Å². The molecular formula is C18H22N5O2-. The first kappa shape index (κ1) is 17.3. The molecular weight excluding hydrogens is 318 g/mol. The van der Waals surface area contributed by atoms with Gasteiger partial charge in [0.2, 0.25) is 0 Å². The van der Waals surface area contributed by atoms with Crippen molar-refractivity contribution in [1.82, 2.24) is 9.78 Å². The normalized spacial score (nSPS) is 14.2. The molecule has 7 nitrogen and oxygen atoms in total. The summed E-state index contributed by atoms with van der Waals surface area (Å²) in [7, 11) is 0. The number of anilines is 1. The summed E-state index contributed by atoms with van der Waals surface area (Å²) in [5.74, 6) is 0.635. The molecule has 1 N–H and O–H groups in total. The van der Waals surface area contributed by atoms with Crippen molar-refractivity contribution in [3.63, 3.8) is 0 Å². The molecule has 1 aromatic carbocycles. The summed E-state index contributed by atoms with van der Waals surface area (Å²) in [4.78, 5) is 0. The van der Waals surface area contributed by atoms with Gasteiger partial charge in [0.1, 0.15) is 5.69 Å². The molecule has 2 heterocycles. The number of hydrogen-bond acceptors (Lipinski definition) is 6. The molecule has 0 atom stereocenters. The van der Waals surface area contributed by atoms with E-state index in [-0.39, 0.29) is 16.8 Å². The van der Waals surface area contributed by atoms with Crippen LogP contribution in [0, 0.1) is 11.1 Å². The molecule has 0 fully saturated rings. The average molecular weight is 340 g/mol. The van der Waals surface area contributed by atoms with Crippen molar-refractivity contribution in [1.29, 1.82) is 0 Å². The van der Waals surface area contributed by atoms with E-state index < -0.39 is 0 Å². The van der Waals surface area contributed by atoms with Gasteiger partial charge in [0.05, 0.1) is 17.1 Å². The highest BCUT2D eigenvalue weighted by atomic mass is 16.8. The predicted molar refractivity (Wildman–Crippen MR) is 98.7 cm³/mol. The first-order chi connectivity index (χ1) is 11.9. The zero-order valence-electron chi connectivity index (χ0n) is 14.8. The van der Waals surface area contributed by atoms with Crippen molar-refractivity contribution < 1.29 is 5.21 Å². The Morgan fingerprint density at radius 3 is 2.28 bits per heavy atom. The summed E-state index contributed by atoms with van der Waals surface area (Å²) < 4.78 is 1.85. The quantitative estimate of drug-likeness (QED) is 0.836. The Hall–Kier alpha value is -2.51. The number of hydrogen-bond donors (Lipinski definition) is 1. The highest BCUT2D eigenvalue weighted by Crippen LogP contribution is 2.24.